The number of anilines is 1. The lowest BCUT2D eigenvalue weighted by Crippen LogP contribution is -2.22. The van der Waals surface area contributed by atoms with Gasteiger partial charge in [0.1, 0.15) is 11.8 Å². The van der Waals surface area contributed by atoms with Crippen molar-refractivity contribution in [1.29, 1.82) is 5.26 Å². The van der Waals surface area contributed by atoms with Gasteiger partial charge in [-0.05, 0) is 19.1 Å². The Morgan fingerprint density at radius 3 is 2.88 bits per heavy atom. The van der Waals surface area contributed by atoms with Gasteiger partial charge in [0.2, 0.25) is 0 Å². The maximum absolute atomic E-state index is 11.2. The predicted molar refractivity (Wildman–Crippen MR) is 63.5 cm³/mol. The van der Waals surface area contributed by atoms with E-state index in [1.165, 1.54) is 0 Å². The molecule has 0 saturated carbocycles. The van der Waals surface area contributed by atoms with Crippen molar-refractivity contribution in [2.24, 2.45) is 0 Å². The third-order valence-corrected chi connectivity index (χ3v) is 2.26. The van der Waals surface area contributed by atoms with Crippen LogP contribution in [0.4, 0.5) is 5.69 Å². The molecule has 0 amide bonds. The third-order valence-electron chi connectivity index (χ3n) is 2.26. The Kier molecular flexibility index (Phi) is 4.95. The molecule has 5 nitrogen and oxygen atoms in total. The van der Waals surface area contributed by atoms with E-state index in [1.807, 2.05) is 18.0 Å². The third kappa shape index (κ3) is 4.11. The van der Waals surface area contributed by atoms with Crippen LogP contribution in [0.15, 0.2) is 18.3 Å². The average molecular weight is 233 g/mol. The summed E-state index contributed by atoms with van der Waals surface area (Å²) in [6, 6.07) is 5.41. The average Bonchev–Trinajstić information content (AvgIpc) is 2.36. The topological polar surface area (TPSA) is 66.2 Å². The van der Waals surface area contributed by atoms with Crippen LogP contribution in [0.25, 0.3) is 0 Å². The molecule has 0 saturated heterocycles. The van der Waals surface area contributed by atoms with E-state index in [0.29, 0.717) is 25.3 Å². The minimum absolute atomic E-state index is 0.207. The molecule has 0 spiro atoms. The zero-order valence-corrected chi connectivity index (χ0v) is 10.0. The zero-order chi connectivity index (χ0) is 12.7. The largest absolute Gasteiger partial charge is 0.466 e. The van der Waals surface area contributed by atoms with Gasteiger partial charge in [-0.2, -0.15) is 5.26 Å². The Labute approximate surface area is 101 Å². The second kappa shape index (κ2) is 6.48. The van der Waals surface area contributed by atoms with Crippen molar-refractivity contribution in [1.82, 2.24) is 4.98 Å². The molecule has 0 aliphatic rings. The summed E-state index contributed by atoms with van der Waals surface area (Å²) in [7, 11) is 1.86. The molecule has 0 aliphatic heterocycles. The fourth-order valence-electron chi connectivity index (χ4n) is 1.30. The lowest BCUT2D eigenvalue weighted by Gasteiger charge is -2.18. The number of rotatable bonds is 5. The van der Waals surface area contributed by atoms with Crippen molar-refractivity contribution >= 4 is 11.7 Å². The fourth-order valence-corrected chi connectivity index (χ4v) is 1.30. The fraction of sp³-hybridized carbons (Fsp3) is 0.417. The Morgan fingerprint density at radius 1 is 1.59 bits per heavy atom. The highest BCUT2D eigenvalue weighted by molar-refractivity contribution is 5.70. The molecule has 1 aromatic rings. The van der Waals surface area contributed by atoms with Crippen LogP contribution in [0.3, 0.4) is 0 Å². The summed E-state index contributed by atoms with van der Waals surface area (Å²) in [5, 5.41) is 8.62. The van der Waals surface area contributed by atoms with Crippen LogP contribution in [0, 0.1) is 11.3 Å². The van der Waals surface area contributed by atoms with Gasteiger partial charge in [0.25, 0.3) is 0 Å². The maximum atomic E-state index is 11.2. The normalized spacial score (nSPS) is 9.47. The van der Waals surface area contributed by atoms with Gasteiger partial charge in [-0.1, -0.05) is 0 Å². The number of ether oxygens (including phenoxy) is 1. The van der Waals surface area contributed by atoms with Gasteiger partial charge in [-0.15, -0.1) is 0 Å². The molecule has 0 aliphatic carbocycles. The minimum atomic E-state index is -0.207. The molecule has 90 valence electrons. The Hall–Kier alpha value is -2.09. The molecule has 0 aromatic carbocycles. The number of esters is 1. The van der Waals surface area contributed by atoms with E-state index in [-0.39, 0.29) is 5.97 Å². The summed E-state index contributed by atoms with van der Waals surface area (Å²) in [5.41, 5.74) is 1.25. The molecule has 1 rings (SSSR count). The lowest BCUT2D eigenvalue weighted by molar-refractivity contribution is -0.142. The number of carbonyl (C=O) groups excluding carboxylic acids is 1. The molecular weight excluding hydrogens is 218 g/mol. The standard InChI is InChI=1S/C12H15N3O2/c1-3-17-12(16)6-7-15(2)11-5-4-10(8-13)14-9-11/h4-5,9H,3,6-7H2,1-2H3. The minimum Gasteiger partial charge on any atom is -0.466 e. The van der Waals surface area contributed by atoms with E-state index in [1.54, 1.807) is 25.3 Å². The summed E-state index contributed by atoms with van der Waals surface area (Å²) in [6.07, 6.45) is 1.95. The van der Waals surface area contributed by atoms with Crippen LogP contribution in [0.2, 0.25) is 0 Å². The highest BCUT2D eigenvalue weighted by Gasteiger charge is 2.06. The van der Waals surface area contributed by atoms with E-state index in [0.717, 1.165) is 5.69 Å². The predicted octanol–water partition coefficient (Wildman–Crippen LogP) is 1.34. The van der Waals surface area contributed by atoms with E-state index in [9.17, 15) is 4.79 Å². The summed E-state index contributed by atoms with van der Waals surface area (Å²) >= 11 is 0. The summed E-state index contributed by atoms with van der Waals surface area (Å²) in [5.74, 6) is -0.207. The number of hydrogen-bond acceptors (Lipinski definition) is 5. The molecule has 0 N–H and O–H groups in total. The van der Waals surface area contributed by atoms with Gasteiger partial charge >= 0.3 is 5.97 Å². The summed E-state index contributed by atoms with van der Waals surface area (Å²) in [4.78, 5) is 17.0. The van der Waals surface area contributed by atoms with Crippen molar-refractivity contribution in [3.63, 3.8) is 0 Å². The van der Waals surface area contributed by atoms with E-state index in [2.05, 4.69) is 4.98 Å². The first kappa shape index (κ1) is 13.0. The van der Waals surface area contributed by atoms with Crippen molar-refractivity contribution < 1.29 is 9.53 Å². The Bertz CT molecular complexity index is 409. The van der Waals surface area contributed by atoms with Gasteiger partial charge in [0, 0.05) is 13.6 Å². The van der Waals surface area contributed by atoms with Crippen LogP contribution >= 0.6 is 0 Å². The maximum Gasteiger partial charge on any atom is 0.307 e. The van der Waals surface area contributed by atoms with Crippen molar-refractivity contribution in [2.45, 2.75) is 13.3 Å². The zero-order valence-electron chi connectivity index (χ0n) is 10.0. The molecule has 0 fully saturated rings. The molecule has 1 heterocycles. The van der Waals surface area contributed by atoms with Crippen LogP contribution in [0.1, 0.15) is 19.0 Å². The highest BCUT2D eigenvalue weighted by Crippen LogP contribution is 2.11. The van der Waals surface area contributed by atoms with Crippen LogP contribution < -0.4 is 4.90 Å². The second-order valence-corrected chi connectivity index (χ2v) is 3.49. The second-order valence-electron chi connectivity index (χ2n) is 3.49. The number of carbonyl (C=O) groups is 1. The van der Waals surface area contributed by atoms with Gasteiger partial charge in [-0.3, -0.25) is 4.79 Å². The first-order chi connectivity index (χ1) is 8.17. The molecule has 0 unspecified atom stereocenters. The number of aromatic nitrogens is 1. The molecule has 0 radical (unpaired) electrons. The highest BCUT2D eigenvalue weighted by atomic mass is 16.5. The summed E-state index contributed by atoms with van der Waals surface area (Å²) in [6.45, 7) is 2.75. The summed E-state index contributed by atoms with van der Waals surface area (Å²) < 4.78 is 4.84. The van der Waals surface area contributed by atoms with Gasteiger partial charge in [0.15, 0.2) is 0 Å². The van der Waals surface area contributed by atoms with Crippen LogP contribution in [-0.2, 0) is 9.53 Å². The van der Waals surface area contributed by atoms with Crippen molar-refractivity contribution in [3.05, 3.63) is 24.0 Å². The molecule has 5 heteroatoms. The number of pyridine rings is 1. The Balaban J connectivity index is 2.49. The first-order valence-corrected chi connectivity index (χ1v) is 5.40. The van der Waals surface area contributed by atoms with Crippen LogP contribution in [-0.4, -0.2) is 31.2 Å². The van der Waals surface area contributed by atoms with Gasteiger partial charge < -0.3 is 9.64 Å². The number of nitriles is 1. The molecule has 0 bridgehead atoms. The molecule has 1 aromatic heterocycles. The van der Waals surface area contributed by atoms with Crippen LogP contribution in [0.5, 0.6) is 0 Å². The smallest absolute Gasteiger partial charge is 0.307 e. The molecular formula is C12H15N3O2. The van der Waals surface area contributed by atoms with E-state index < -0.39 is 0 Å². The SMILES string of the molecule is CCOC(=O)CCN(C)c1ccc(C#N)nc1. The van der Waals surface area contributed by atoms with Crippen molar-refractivity contribution in [2.75, 3.05) is 25.1 Å². The molecule has 17 heavy (non-hydrogen) atoms. The quantitative estimate of drug-likeness (QED) is 0.718. The van der Waals surface area contributed by atoms with Crippen molar-refractivity contribution in [3.8, 4) is 6.07 Å². The first-order valence-electron chi connectivity index (χ1n) is 5.40. The van der Waals surface area contributed by atoms with Gasteiger partial charge in [0.05, 0.1) is 24.9 Å². The molecule has 0 atom stereocenters. The number of hydrogen-bond donors (Lipinski definition) is 0. The lowest BCUT2D eigenvalue weighted by atomic mass is 10.3. The van der Waals surface area contributed by atoms with Gasteiger partial charge in [-0.25, -0.2) is 4.98 Å². The Morgan fingerprint density at radius 2 is 2.35 bits per heavy atom. The van der Waals surface area contributed by atoms with E-state index >= 15 is 0 Å². The monoisotopic (exact) mass is 233 g/mol. The number of nitrogens with zero attached hydrogens (tertiary/aromatic N) is 3. The van der Waals surface area contributed by atoms with E-state index in [4.69, 9.17) is 10.00 Å².